The van der Waals surface area contributed by atoms with E-state index in [0.717, 1.165) is 38.0 Å². The first-order chi connectivity index (χ1) is 14.2. The summed E-state index contributed by atoms with van der Waals surface area (Å²) in [6, 6.07) is 22.2. The van der Waals surface area contributed by atoms with Crippen LogP contribution in [0, 0.1) is 5.92 Å². The first kappa shape index (κ1) is 19.1. The third kappa shape index (κ3) is 4.62. The molecule has 0 saturated carbocycles. The largest absolute Gasteiger partial charge is 0.337 e. The summed E-state index contributed by atoms with van der Waals surface area (Å²) in [6.07, 6.45) is 4.81. The predicted octanol–water partition coefficient (Wildman–Crippen LogP) is 4.34. The van der Waals surface area contributed by atoms with E-state index in [1.54, 1.807) is 12.3 Å². The highest BCUT2D eigenvalue weighted by molar-refractivity contribution is 5.92. The van der Waals surface area contributed by atoms with Crippen LogP contribution >= 0.6 is 0 Å². The van der Waals surface area contributed by atoms with Gasteiger partial charge in [-0.2, -0.15) is 0 Å². The SMILES string of the molecule is CN(c1ccccc1)c1nccc(C(=O)N2CCC(Cc3ccccc3)CC2)n1. The Labute approximate surface area is 172 Å². The second kappa shape index (κ2) is 8.86. The average molecular weight is 386 g/mol. The van der Waals surface area contributed by atoms with E-state index in [9.17, 15) is 4.79 Å². The van der Waals surface area contributed by atoms with Gasteiger partial charge in [0, 0.05) is 32.0 Å². The highest BCUT2D eigenvalue weighted by Gasteiger charge is 2.25. The zero-order valence-electron chi connectivity index (χ0n) is 16.7. The van der Waals surface area contributed by atoms with Gasteiger partial charge in [0.2, 0.25) is 5.95 Å². The molecule has 0 unspecified atom stereocenters. The van der Waals surface area contributed by atoms with Crippen LogP contribution in [0.3, 0.4) is 0 Å². The first-order valence-electron chi connectivity index (χ1n) is 10.2. The van der Waals surface area contributed by atoms with Gasteiger partial charge in [-0.1, -0.05) is 48.5 Å². The van der Waals surface area contributed by atoms with E-state index in [0.29, 0.717) is 17.6 Å². The van der Waals surface area contributed by atoms with Gasteiger partial charge in [-0.25, -0.2) is 9.97 Å². The van der Waals surface area contributed by atoms with Crippen LogP contribution < -0.4 is 4.90 Å². The molecule has 4 rings (SSSR count). The highest BCUT2D eigenvalue weighted by atomic mass is 16.2. The quantitative estimate of drug-likeness (QED) is 0.654. The maximum absolute atomic E-state index is 13.0. The number of nitrogens with zero attached hydrogens (tertiary/aromatic N) is 4. The zero-order chi connectivity index (χ0) is 20.1. The molecule has 0 N–H and O–H groups in total. The smallest absolute Gasteiger partial charge is 0.272 e. The van der Waals surface area contributed by atoms with Gasteiger partial charge in [0.1, 0.15) is 5.69 Å². The number of aromatic nitrogens is 2. The van der Waals surface area contributed by atoms with E-state index in [2.05, 4.69) is 40.3 Å². The van der Waals surface area contributed by atoms with E-state index in [4.69, 9.17) is 0 Å². The molecule has 148 valence electrons. The summed E-state index contributed by atoms with van der Waals surface area (Å²) in [6.45, 7) is 1.56. The number of likely N-dealkylation sites (tertiary alicyclic amines) is 1. The Kier molecular flexibility index (Phi) is 5.84. The van der Waals surface area contributed by atoms with Crippen molar-refractivity contribution >= 4 is 17.5 Å². The van der Waals surface area contributed by atoms with E-state index >= 15 is 0 Å². The topological polar surface area (TPSA) is 49.3 Å². The summed E-state index contributed by atoms with van der Waals surface area (Å²) >= 11 is 0. The summed E-state index contributed by atoms with van der Waals surface area (Å²) in [5, 5.41) is 0. The molecule has 0 bridgehead atoms. The monoisotopic (exact) mass is 386 g/mol. The van der Waals surface area contributed by atoms with Crippen molar-refractivity contribution in [3.05, 3.63) is 84.2 Å². The molecule has 1 amide bonds. The fourth-order valence-corrected chi connectivity index (χ4v) is 3.85. The predicted molar refractivity (Wildman–Crippen MR) is 115 cm³/mol. The Bertz CT molecular complexity index is 937. The molecule has 0 spiro atoms. The normalized spacial score (nSPS) is 14.6. The molecule has 1 fully saturated rings. The summed E-state index contributed by atoms with van der Waals surface area (Å²) in [5.41, 5.74) is 2.82. The van der Waals surface area contributed by atoms with Gasteiger partial charge >= 0.3 is 0 Å². The van der Waals surface area contributed by atoms with Crippen LogP contribution in [0.1, 0.15) is 28.9 Å². The first-order valence-corrected chi connectivity index (χ1v) is 10.2. The number of hydrogen-bond donors (Lipinski definition) is 0. The fourth-order valence-electron chi connectivity index (χ4n) is 3.85. The van der Waals surface area contributed by atoms with Crippen LogP contribution in [0.5, 0.6) is 0 Å². The molecule has 1 saturated heterocycles. The molecule has 2 aromatic carbocycles. The molecule has 0 radical (unpaired) electrons. The van der Waals surface area contributed by atoms with Gasteiger partial charge in [-0.05, 0) is 48.9 Å². The van der Waals surface area contributed by atoms with E-state index in [1.165, 1.54) is 5.56 Å². The second-order valence-corrected chi connectivity index (χ2v) is 7.56. The lowest BCUT2D eigenvalue weighted by atomic mass is 9.90. The molecule has 1 aliphatic rings. The standard InChI is InChI=1S/C24H26N4O/c1-27(21-10-6-3-7-11-21)24-25-15-12-22(26-24)23(29)28-16-13-20(14-17-28)18-19-8-4-2-5-9-19/h2-12,15,20H,13-14,16-18H2,1H3. The Morgan fingerprint density at radius 1 is 1.00 bits per heavy atom. The minimum Gasteiger partial charge on any atom is -0.337 e. The summed E-state index contributed by atoms with van der Waals surface area (Å²) < 4.78 is 0. The molecule has 1 aliphatic heterocycles. The van der Waals surface area contributed by atoms with Gasteiger partial charge in [0.25, 0.3) is 5.91 Å². The lowest BCUT2D eigenvalue weighted by Gasteiger charge is -2.32. The molecule has 29 heavy (non-hydrogen) atoms. The van der Waals surface area contributed by atoms with Crippen molar-refractivity contribution in [1.29, 1.82) is 0 Å². The molecule has 5 heteroatoms. The number of para-hydroxylation sites is 1. The zero-order valence-corrected chi connectivity index (χ0v) is 16.7. The Morgan fingerprint density at radius 2 is 1.66 bits per heavy atom. The number of carbonyl (C=O) groups is 1. The number of carbonyl (C=O) groups excluding carboxylic acids is 1. The maximum atomic E-state index is 13.0. The van der Waals surface area contributed by atoms with Crippen molar-refractivity contribution < 1.29 is 4.79 Å². The number of piperidine rings is 1. The van der Waals surface area contributed by atoms with Crippen LogP contribution in [-0.2, 0) is 6.42 Å². The van der Waals surface area contributed by atoms with E-state index in [1.807, 2.05) is 47.2 Å². The number of anilines is 2. The van der Waals surface area contributed by atoms with E-state index < -0.39 is 0 Å². The Balaban J connectivity index is 1.39. The molecule has 2 heterocycles. The van der Waals surface area contributed by atoms with Crippen LogP contribution in [-0.4, -0.2) is 40.9 Å². The Hall–Kier alpha value is -3.21. The second-order valence-electron chi connectivity index (χ2n) is 7.56. The van der Waals surface area contributed by atoms with Crippen LogP contribution in [0.25, 0.3) is 0 Å². The molecule has 0 atom stereocenters. The number of hydrogen-bond acceptors (Lipinski definition) is 4. The molecule has 5 nitrogen and oxygen atoms in total. The van der Waals surface area contributed by atoms with Crippen LogP contribution in [0.2, 0.25) is 0 Å². The maximum Gasteiger partial charge on any atom is 0.272 e. The average Bonchev–Trinajstić information content (AvgIpc) is 2.80. The summed E-state index contributed by atoms with van der Waals surface area (Å²) in [5.74, 6) is 1.15. The molecule has 3 aromatic rings. The van der Waals surface area contributed by atoms with Crippen molar-refractivity contribution in [3.8, 4) is 0 Å². The van der Waals surface area contributed by atoms with Gasteiger partial charge < -0.3 is 9.80 Å². The van der Waals surface area contributed by atoms with Crippen molar-refractivity contribution in [3.63, 3.8) is 0 Å². The van der Waals surface area contributed by atoms with Crippen LogP contribution in [0.15, 0.2) is 72.9 Å². The molecule has 0 aliphatic carbocycles. The Morgan fingerprint density at radius 3 is 2.34 bits per heavy atom. The summed E-state index contributed by atoms with van der Waals surface area (Å²) in [4.78, 5) is 25.7. The van der Waals surface area contributed by atoms with Gasteiger partial charge in [0.05, 0.1) is 0 Å². The van der Waals surface area contributed by atoms with Crippen molar-refractivity contribution in [2.45, 2.75) is 19.3 Å². The molecular formula is C24H26N4O. The number of benzene rings is 2. The van der Waals surface area contributed by atoms with Crippen molar-refractivity contribution in [2.75, 3.05) is 25.0 Å². The fraction of sp³-hybridized carbons (Fsp3) is 0.292. The lowest BCUT2D eigenvalue weighted by Crippen LogP contribution is -2.39. The molecule has 1 aromatic heterocycles. The number of rotatable bonds is 5. The van der Waals surface area contributed by atoms with E-state index in [-0.39, 0.29) is 5.91 Å². The van der Waals surface area contributed by atoms with Crippen molar-refractivity contribution in [2.24, 2.45) is 5.92 Å². The number of amides is 1. The van der Waals surface area contributed by atoms with Gasteiger partial charge in [-0.15, -0.1) is 0 Å². The minimum absolute atomic E-state index is 0.00623. The van der Waals surface area contributed by atoms with Gasteiger partial charge in [0.15, 0.2) is 0 Å². The third-order valence-electron chi connectivity index (χ3n) is 5.57. The molecular weight excluding hydrogens is 360 g/mol. The van der Waals surface area contributed by atoms with Gasteiger partial charge in [-0.3, -0.25) is 4.79 Å². The third-order valence-corrected chi connectivity index (χ3v) is 5.57. The van der Waals surface area contributed by atoms with Crippen LogP contribution in [0.4, 0.5) is 11.6 Å². The van der Waals surface area contributed by atoms with Crippen molar-refractivity contribution in [1.82, 2.24) is 14.9 Å². The minimum atomic E-state index is -0.00623. The highest BCUT2D eigenvalue weighted by Crippen LogP contribution is 2.23. The summed E-state index contributed by atoms with van der Waals surface area (Å²) in [7, 11) is 1.91. The lowest BCUT2D eigenvalue weighted by molar-refractivity contribution is 0.0684.